The third-order valence-electron chi connectivity index (χ3n) is 3.47. The molecule has 0 bridgehead atoms. The second-order valence-corrected chi connectivity index (χ2v) is 6.47. The summed E-state index contributed by atoms with van der Waals surface area (Å²) < 4.78 is 1.12. The van der Waals surface area contributed by atoms with Crippen molar-refractivity contribution in [2.45, 2.75) is 33.1 Å². The van der Waals surface area contributed by atoms with E-state index in [4.69, 9.17) is 11.6 Å². The van der Waals surface area contributed by atoms with Crippen LogP contribution in [0, 0.1) is 27.7 Å². The van der Waals surface area contributed by atoms with Crippen molar-refractivity contribution >= 4 is 27.5 Å². The molecule has 2 aromatic rings. The Hall–Kier alpha value is -0.790. The van der Waals surface area contributed by atoms with Gasteiger partial charge >= 0.3 is 0 Å². The van der Waals surface area contributed by atoms with Crippen molar-refractivity contribution in [3.8, 4) is 0 Å². The topological polar surface area (TPSA) is 0 Å². The van der Waals surface area contributed by atoms with E-state index in [2.05, 4.69) is 74.0 Å². The van der Waals surface area contributed by atoms with E-state index in [0.717, 1.165) is 10.0 Å². The minimum Gasteiger partial charge on any atom is -0.113 e. The second-order valence-electron chi connectivity index (χ2n) is 5.18. The minimum atomic E-state index is -0.0904. The number of benzene rings is 2. The van der Waals surface area contributed by atoms with Crippen molar-refractivity contribution < 1.29 is 0 Å². The first-order valence-corrected chi connectivity index (χ1v) is 7.61. The summed E-state index contributed by atoms with van der Waals surface area (Å²) in [6.07, 6.45) is 0. The van der Waals surface area contributed by atoms with Gasteiger partial charge in [0.05, 0.1) is 5.38 Å². The molecule has 100 valence electrons. The van der Waals surface area contributed by atoms with Gasteiger partial charge in [-0.05, 0) is 61.6 Å². The van der Waals surface area contributed by atoms with Crippen LogP contribution in [0.15, 0.2) is 34.8 Å². The molecule has 1 atom stereocenters. The highest BCUT2D eigenvalue weighted by Crippen LogP contribution is 2.35. The lowest BCUT2D eigenvalue weighted by atomic mass is 9.93. The van der Waals surface area contributed by atoms with Gasteiger partial charge in [-0.2, -0.15) is 0 Å². The van der Waals surface area contributed by atoms with Gasteiger partial charge in [0.1, 0.15) is 0 Å². The van der Waals surface area contributed by atoms with E-state index in [1.807, 2.05) is 0 Å². The van der Waals surface area contributed by atoms with E-state index in [1.165, 1.54) is 27.8 Å². The monoisotopic (exact) mass is 336 g/mol. The third kappa shape index (κ3) is 3.04. The van der Waals surface area contributed by atoms with Crippen LogP contribution in [-0.2, 0) is 0 Å². The van der Waals surface area contributed by atoms with E-state index in [0.29, 0.717) is 0 Å². The molecular weight excluding hydrogens is 320 g/mol. The Labute approximate surface area is 128 Å². The van der Waals surface area contributed by atoms with Crippen LogP contribution < -0.4 is 0 Å². The molecule has 0 aliphatic heterocycles. The van der Waals surface area contributed by atoms with Gasteiger partial charge in [0.2, 0.25) is 0 Å². The fraction of sp³-hybridized carbons (Fsp3) is 0.294. The smallest absolute Gasteiger partial charge is 0.0840 e. The molecule has 0 saturated heterocycles. The number of aryl methyl sites for hydroxylation is 4. The molecule has 1 unspecified atom stereocenters. The zero-order chi connectivity index (χ0) is 14.2. The van der Waals surface area contributed by atoms with Gasteiger partial charge in [0.25, 0.3) is 0 Å². The summed E-state index contributed by atoms with van der Waals surface area (Å²) in [4.78, 5) is 0. The molecule has 0 nitrogen and oxygen atoms in total. The average Bonchev–Trinajstić information content (AvgIpc) is 2.31. The highest BCUT2D eigenvalue weighted by molar-refractivity contribution is 9.10. The van der Waals surface area contributed by atoms with Crippen LogP contribution in [0.4, 0.5) is 0 Å². The molecule has 2 heteroatoms. The Morgan fingerprint density at radius 2 is 1.47 bits per heavy atom. The standard InChI is InChI=1S/C17H18BrCl/c1-10-7-12(3)16(13(4)8-10)17(19)14-5-6-15(18)11(2)9-14/h5-9,17H,1-4H3. The van der Waals surface area contributed by atoms with Gasteiger partial charge in [0.15, 0.2) is 0 Å². The normalized spacial score (nSPS) is 12.5. The minimum absolute atomic E-state index is 0.0904. The molecular formula is C17H18BrCl. The van der Waals surface area contributed by atoms with Crippen LogP contribution in [0.3, 0.4) is 0 Å². The van der Waals surface area contributed by atoms with Crippen molar-refractivity contribution in [3.05, 3.63) is 68.2 Å². The maximum atomic E-state index is 6.70. The van der Waals surface area contributed by atoms with E-state index in [-0.39, 0.29) is 5.38 Å². The first-order chi connectivity index (χ1) is 8.90. The van der Waals surface area contributed by atoms with Crippen molar-refractivity contribution in [3.63, 3.8) is 0 Å². The van der Waals surface area contributed by atoms with Gasteiger partial charge in [-0.1, -0.05) is 45.8 Å². The molecule has 19 heavy (non-hydrogen) atoms. The molecule has 0 aromatic heterocycles. The highest BCUT2D eigenvalue weighted by Gasteiger charge is 2.16. The second kappa shape index (κ2) is 5.68. The lowest BCUT2D eigenvalue weighted by Crippen LogP contribution is -2.01. The summed E-state index contributed by atoms with van der Waals surface area (Å²) in [5.41, 5.74) is 7.41. The molecule has 0 fully saturated rings. The lowest BCUT2D eigenvalue weighted by molar-refractivity contribution is 1.07. The van der Waals surface area contributed by atoms with E-state index in [1.54, 1.807) is 0 Å². The predicted octanol–water partition coefficient (Wildman–Crippen LogP) is 6.01. The molecule has 2 aromatic carbocycles. The number of hydrogen-bond donors (Lipinski definition) is 0. The molecule has 0 radical (unpaired) electrons. The Morgan fingerprint density at radius 3 is 2.00 bits per heavy atom. The van der Waals surface area contributed by atoms with Crippen LogP contribution in [0.2, 0.25) is 0 Å². The zero-order valence-corrected chi connectivity index (χ0v) is 14.1. The van der Waals surface area contributed by atoms with E-state index in [9.17, 15) is 0 Å². The van der Waals surface area contributed by atoms with Gasteiger partial charge in [-0.15, -0.1) is 11.6 Å². The first-order valence-electron chi connectivity index (χ1n) is 6.38. The number of halogens is 2. The third-order valence-corrected chi connectivity index (χ3v) is 4.83. The summed E-state index contributed by atoms with van der Waals surface area (Å²) >= 11 is 10.2. The van der Waals surface area contributed by atoms with Gasteiger partial charge < -0.3 is 0 Å². The Morgan fingerprint density at radius 1 is 0.895 bits per heavy atom. The summed E-state index contributed by atoms with van der Waals surface area (Å²) in [5, 5.41) is -0.0904. The largest absolute Gasteiger partial charge is 0.113 e. The van der Waals surface area contributed by atoms with Crippen LogP contribution in [0.25, 0.3) is 0 Å². The lowest BCUT2D eigenvalue weighted by Gasteiger charge is -2.18. The molecule has 0 heterocycles. The molecule has 2 rings (SSSR count). The van der Waals surface area contributed by atoms with Gasteiger partial charge in [0, 0.05) is 4.47 Å². The van der Waals surface area contributed by atoms with E-state index >= 15 is 0 Å². The maximum absolute atomic E-state index is 6.70. The fourth-order valence-electron chi connectivity index (χ4n) is 2.58. The SMILES string of the molecule is Cc1cc(C)c(C(Cl)c2ccc(Br)c(C)c2)c(C)c1. The van der Waals surface area contributed by atoms with Crippen LogP contribution in [-0.4, -0.2) is 0 Å². The molecule has 0 aliphatic rings. The molecule has 0 N–H and O–H groups in total. The van der Waals surface area contributed by atoms with Crippen LogP contribution in [0.1, 0.15) is 38.8 Å². The Bertz CT molecular complexity index is 594. The summed E-state index contributed by atoms with van der Waals surface area (Å²) in [6.45, 7) is 8.48. The fourth-order valence-corrected chi connectivity index (χ4v) is 3.31. The van der Waals surface area contributed by atoms with Crippen molar-refractivity contribution in [2.75, 3.05) is 0 Å². The number of hydrogen-bond acceptors (Lipinski definition) is 0. The summed E-state index contributed by atoms with van der Waals surface area (Å²) in [6, 6.07) is 10.7. The van der Waals surface area contributed by atoms with Crippen LogP contribution in [0.5, 0.6) is 0 Å². The number of alkyl halides is 1. The quantitative estimate of drug-likeness (QED) is 0.589. The molecule has 0 saturated carbocycles. The predicted molar refractivity (Wildman–Crippen MR) is 87.2 cm³/mol. The Kier molecular flexibility index (Phi) is 4.37. The zero-order valence-electron chi connectivity index (χ0n) is 11.7. The Balaban J connectivity index is 2.49. The molecule has 0 spiro atoms. The highest BCUT2D eigenvalue weighted by atomic mass is 79.9. The summed E-state index contributed by atoms with van der Waals surface area (Å²) in [5.74, 6) is 0. The van der Waals surface area contributed by atoms with Crippen molar-refractivity contribution in [1.82, 2.24) is 0 Å². The molecule has 0 aliphatic carbocycles. The van der Waals surface area contributed by atoms with E-state index < -0.39 is 0 Å². The molecule has 0 amide bonds. The maximum Gasteiger partial charge on any atom is 0.0840 e. The van der Waals surface area contributed by atoms with Gasteiger partial charge in [-0.25, -0.2) is 0 Å². The first kappa shape index (κ1) is 14.6. The average molecular weight is 338 g/mol. The van der Waals surface area contributed by atoms with Crippen LogP contribution >= 0.6 is 27.5 Å². The number of rotatable bonds is 2. The van der Waals surface area contributed by atoms with Gasteiger partial charge in [-0.3, -0.25) is 0 Å². The van der Waals surface area contributed by atoms with Crippen molar-refractivity contribution in [1.29, 1.82) is 0 Å². The summed E-state index contributed by atoms with van der Waals surface area (Å²) in [7, 11) is 0. The van der Waals surface area contributed by atoms with Crippen molar-refractivity contribution in [2.24, 2.45) is 0 Å².